The molecule has 1 rings (SSSR count). The van der Waals surface area contributed by atoms with Crippen LogP contribution >= 0.6 is 7.82 Å². The second-order valence-corrected chi connectivity index (χ2v) is 12.4. The zero-order valence-electron chi connectivity index (χ0n) is 22.3. The third-order valence-corrected chi connectivity index (χ3v) is 8.23. The van der Waals surface area contributed by atoms with Crippen molar-refractivity contribution < 1.29 is 23.4 Å². The van der Waals surface area contributed by atoms with Gasteiger partial charge in [-0.05, 0) is 32.1 Å². The lowest BCUT2D eigenvalue weighted by molar-refractivity contribution is -0.917. The summed E-state index contributed by atoms with van der Waals surface area (Å²) in [5.41, 5.74) is 0. The van der Waals surface area contributed by atoms with Gasteiger partial charge in [-0.15, -0.1) is 0 Å². The molecule has 0 heterocycles. The summed E-state index contributed by atoms with van der Waals surface area (Å²) in [6, 6.07) is 0.596. The summed E-state index contributed by atoms with van der Waals surface area (Å²) < 4.78 is 17.5. The zero-order chi connectivity index (χ0) is 24.4. The molecule has 1 atom stereocenters. The third kappa shape index (κ3) is 17.2. The van der Waals surface area contributed by atoms with Crippen molar-refractivity contribution in [1.82, 2.24) is 0 Å². The van der Waals surface area contributed by atoms with Gasteiger partial charge >= 0.3 is 7.82 Å². The van der Waals surface area contributed by atoms with E-state index in [-0.39, 0.29) is 6.10 Å². The molecule has 0 aromatic heterocycles. The van der Waals surface area contributed by atoms with Gasteiger partial charge in [0.15, 0.2) is 0 Å². The molecule has 198 valence electrons. The molecule has 0 radical (unpaired) electrons. The summed E-state index contributed by atoms with van der Waals surface area (Å²) in [5, 5.41) is 0. The van der Waals surface area contributed by atoms with Crippen LogP contribution in [0.4, 0.5) is 0 Å². The van der Waals surface area contributed by atoms with Crippen molar-refractivity contribution in [1.29, 1.82) is 0 Å². The Balaban J connectivity index is 2.05. The fourth-order valence-corrected chi connectivity index (χ4v) is 6.13. The highest BCUT2D eigenvalue weighted by atomic mass is 31.2. The minimum Gasteiger partial charge on any atom is -0.324 e. The number of phosphoric acid groups is 1. The fraction of sp³-hybridized carbons (Fsp3) is 1.00. The van der Waals surface area contributed by atoms with Crippen LogP contribution in [0.25, 0.3) is 0 Å². The number of unbranched alkanes of at least 4 members (excludes halogenated alkanes) is 15. The molecule has 1 aliphatic carbocycles. The van der Waals surface area contributed by atoms with E-state index in [4.69, 9.17) is 4.52 Å². The van der Waals surface area contributed by atoms with Gasteiger partial charge in [0.1, 0.15) is 12.6 Å². The highest BCUT2D eigenvalue weighted by Crippen LogP contribution is 2.39. The number of hydrogen-bond acceptors (Lipinski definition) is 2. The Bertz CT molecular complexity index is 502. The second kappa shape index (κ2) is 18.4. The van der Waals surface area contributed by atoms with E-state index in [0.29, 0.717) is 12.6 Å². The maximum Gasteiger partial charge on any atom is 0.470 e. The minimum absolute atomic E-state index is 0.354. The Morgan fingerprint density at radius 3 is 1.55 bits per heavy atom. The van der Waals surface area contributed by atoms with Crippen LogP contribution in [-0.2, 0) is 9.09 Å². The molecule has 0 aromatic carbocycles. The Labute approximate surface area is 205 Å². The van der Waals surface area contributed by atoms with Crippen LogP contribution in [0.1, 0.15) is 142 Å². The minimum atomic E-state index is -4.44. The van der Waals surface area contributed by atoms with E-state index in [1.807, 2.05) is 0 Å². The molecule has 33 heavy (non-hydrogen) atoms. The van der Waals surface area contributed by atoms with Crippen LogP contribution in [0, 0.1) is 0 Å². The highest BCUT2D eigenvalue weighted by Gasteiger charge is 2.35. The number of nitrogens with zero attached hydrogens (tertiary/aromatic N) is 1. The number of rotatable bonds is 22. The van der Waals surface area contributed by atoms with Crippen molar-refractivity contribution in [3.05, 3.63) is 0 Å². The molecule has 0 aliphatic heterocycles. The first-order valence-electron chi connectivity index (χ1n) is 14.3. The molecule has 6 heteroatoms. The standard InChI is InChI=1S/C27H56NO4P/c1-4-5-6-7-8-9-10-11-12-13-14-15-16-17-18-19-24-27(32-33(29,30)31)25-28(2,3)26-22-20-21-23-26/h26-27H,4-25H2,1-3H3,(H-,29,30,31)/p+1. The molecule has 1 saturated carbocycles. The molecule has 2 N–H and O–H groups in total. The molecular weight excluding hydrogens is 433 g/mol. The third-order valence-electron chi connectivity index (χ3n) is 7.65. The number of likely N-dealkylation sites (N-methyl/N-ethyl adjacent to an activating group) is 1. The summed E-state index contributed by atoms with van der Waals surface area (Å²) in [7, 11) is -0.0526. The maximum absolute atomic E-state index is 11.5. The molecule has 1 aliphatic rings. The van der Waals surface area contributed by atoms with Crippen molar-refractivity contribution in [2.45, 2.75) is 154 Å². The number of hydrogen-bond donors (Lipinski definition) is 2. The maximum atomic E-state index is 11.5. The van der Waals surface area contributed by atoms with Crippen LogP contribution in [0.3, 0.4) is 0 Å². The summed E-state index contributed by atoms with van der Waals surface area (Å²) in [6.45, 7) is 2.97. The van der Waals surface area contributed by atoms with E-state index in [1.165, 1.54) is 116 Å². The summed E-state index contributed by atoms with van der Waals surface area (Å²) in [6.07, 6.45) is 26.7. The predicted octanol–water partition coefficient (Wildman–Crippen LogP) is 8.13. The van der Waals surface area contributed by atoms with Gasteiger partial charge in [0.05, 0.1) is 20.1 Å². The first-order chi connectivity index (χ1) is 15.7. The van der Waals surface area contributed by atoms with E-state index >= 15 is 0 Å². The SMILES string of the molecule is CCCCCCCCCCCCCCCCCCC(C[N+](C)(C)C1CCCC1)OP(=O)(O)O. The zero-order valence-corrected chi connectivity index (χ0v) is 23.2. The lowest BCUT2D eigenvalue weighted by Gasteiger charge is -2.38. The summed E-state index contributed by atoms with van der Waals surface area (Å²) >= 11 is 0. The Hall–Kier alpha value is 0.0700. The largest absolute Gasteiger partial charge is 0.470 e. The molecule has 1 fully saturated rings. The van der Waals surface area contributed by atoms with Gasteiger partial charge in [-0.3, -0.25) is 4.52 Å². The smallest absolute Gasteiger partial charge is 0.324 e. The Morgan fingerprint density at radius 2 is 1.15 bits per heavy atom. The second-order valence-electron chi connectivity index (χ2n) is 11.2. The van der Waals surface area contributed by atoms with Gasteiger partial charge in [-0.25, -0.2) is 4.57 Å². The molecule has 0 bridgehead atoms. The summed E-state index contributed by atoms with van der Waals surface area (Å²) in [5.74, 6) is 0. The Morgan fingerprint density at radius 1 is 0.758 bits per heavy atom. The van der Waals surface area contributed by atoms with Crippen molar-refractivity contribution in [3.63, 3.8) is 0 Å². The van der Waals surface area contributed by atoms with Gasteiger partial charge in [0, 0.05) is 0 Å². The van der Waals surface area contributed by atoms with Gasteiger partial charge in [0.25, 0.3) is 0 Å². The molecule has 0 amide bonds. The lowest BCUT2D eigenvalue weighted by atomic mass is 10.0. The van der Waals surface area contributed by atoms with E-state index in [2.05, 4.69) is 21.0 Å². The first-order valence-corrected chi connectivity index (χ1v) is 15.8. The van der Waals surface area contributed by atoms with E-state index < -0.39 is 7.82 Å². The van der Waals surface area contributed by atoms with E-state index in [1.54, 1.807) is 0 Å². The lowest BCUT2D eigenvalue weighted by Crippen LogP contribution is -2.52. The summed E-state index contributed by atoms with van der Waals surface area (Å²) in [4.78, 5) is 18.7. The van der Waals surface area contributed by atoms with Crippen LogP contribution in [0.15, 0.2) is 0 Å². The van der Waals surface area contributed by atoms with Crippen LogP contribution < -0.4 is 0 Å². The number of quaternary nitrogens is 1. The Kier molecular flexibility index (Phi) is 17.3. The highest BCUT2D eigenvalue weighted by molar-refractivity contribution is 7.46. The predicted molar refractivity (Wildman–Crippen MR) is 140 cm³/mol. The average molecular weight is 491 g/mol. The van der Waals surface area contributed by atoms with Crippen LogP contribution in [0.5, 0.6) is 0 Å². The van der Waals surface area contributed by atoms with E-state index in [0.717, 1.165) is 23.7 Å². The van der Waals surface area contributed by atoms with E-state index in [9.17, 15) is 14.4 Å². The quantitative estimate of drug-likeness (QED) is 0.0913. The van der Waals surface area contributed by atoms with Crippen LogP contribution in [-0.4, -0.2) is 47.1 Å². The molecule has 5 nitrogen and oxygen atoms in total. The van der Waals surface area contributed by atoms with Crippen molar-refractivity contribution in [3.8, 4) is 0 Å². The van der Waals surface area contributed by atoms with Gasteiger partial charge in [-0.1, -0.05) is 110 Å². The average Bonchev–Trinajstić information content (AvgIpc) is 3.28. The van der Waals surface area contributed by atoms with Crippen molar-refractivity contribution in [2.24, 2.45) is 0 Å². The number of phosphoric ester groups is 1. The normalized spacial score (nSPS) is 16.5. The monoisotopic (exact) mass is 490 g/mol. The van der Waals surface area contributed by atoms with Crippen molar-refractivity contribution in [2.75, 3.05) is 20.6 Å². The van der Waals surface area contributed by atoms with Crippen molar-refractivity contribution >= 4 is 7.82 Å². The van der Waals surface area contributed by atoms with Gasteiger partial charge in [-0.2, -0.15) is 0 Å². The molecular formula is C27H57NO4P+. The molecule has 0 aromatic rings. The fourth-order valence-electron chi connectivity index (χ4n) is 5.57. The molecule has 0 spiro atoms. The molecule has 0 saturated heterocycles. The molecule has 1 unspecified atom stereocenters. The van der Waals surface area contributed by atoms with Crippen LogP contribution in [0.2, 0.25) is 0 Å². The van der Waals surface area contributed by atoms with Gasteiger partial charge in [0.2, 0.25) is 0 Å². The topological polar surface area (TPSA) is 66.8 Å². The van der Waals surface area contributed by atoms with Gasteiger partial charge < -0.3 is 14.3 Å². The first kappa shape index (κ1) is 31.1.